The minimum absolute atomic E-state index is 0.505. The average Bonchev–Trinajstić information content (AvgIpc) is 2.13. The number of rotatable bonds is 4. The van der Waals surface area contributed by atoms with Crippen LogP contribution in [0, 0.1) is 5.41 Å². The summed E-state index contributed by atoms with van der Waals surface area (Å²) in [4.78, 5) is 2.52. The van der Waals surface area contributed by atoms with Gasteiger partial charge >= 0.3 is 0 Å². The molecule has 0 amide bonds. The van der Waals surface area contributed by atoms with Crippen molar-refractivity contribution in [1.29, 1.82) is 0 Å². The molecule has 0 atom stereocenters. The summed E-state index contributed by atoms with van der Waals surface area (Å²) >= 11 is 0. The molecule has 1 aliphatic heterocycles. The standard InChI is InChI=1S/C12H25NO/c1-12(2,3)6-4-5-7-13-8-10-14-11-9-13/h4-11H2,1-3H3. The van der Waals surface area contributed by atoms with E-state index in [0.29, 0.717) is 5.41 Å². The first kappa shape index (κ1) is 12.0. The molecule has 2 heteroatoms. The molecular weight excluding hydrogens is 174 g/mol. The highest BCUT2D eigenvalue weighted by Crippen LogP contribution is 2.21. The van der Waals surface area contributed by atoms with Crippen molar-refractivity contribution in [2.45, 2.75) is 40.0 Å². The monoisotopic (exact) mass is 199 g/mol. The van der Waals surface area contributed by atoms with Crippen molar-refractivity contribution in [3.05, 3.63) is 0 Å². The molecule has 14 heavy (non-hydrogen) atoms. The summed E-state index contributed by atoms with van der Waals surface area (Å²) in [6, 6.07) is 0. The third kappa shape index (κ3) is 5.61. The van der Waals surface area contributed by atoms with Crippen LogP contribution in [0.3, 0.4) is 0 Å². The van der Waals surface area contributed by atoms with Crippen molar-refractivity contribution in [3.8, 4) is 0 Å². The lowest BCUT2D eigenvalue weighted by atomic mass is 9.90. The summed E-state index contributed by atoms with van der Waals surface area (Å²) in [5.41, 5.74) is 0.505. The minimum atomic E-state index is 0.505. The molecular formula is C12H25NO. The van der Waals surface area contributed by atoms with E-state index in [2.05, 4.69) is 25.7 Å². The van der Waals surface area contributed by atoms with Gasteiger partial charge in [-0.25, -0.2) is 0 Å². The van der Waals surface area contributed by atoms with Gasteiger partial charge in [-0.1, -0.05) is 27.2 Å². The Bertz CT molecular complexity index is 145. The van der Waals surface area contributed by atoms with Gasteiger partial charge in [-0.05, 0) is 24.8 Å². The molecule has 2 nitrogen and oxygen atoms in total. The predicted octanol–water partition coefficient (Wildman–Crippen LogP) is 2.54. The zero-order valence-corrected chi connectivity index (χ0v) is 10.0. The molecule has 0 N–H and O–H groups in total. The molecule has 0 saturated carbocycles. The fraction of sp³-hybridized carbons (Fsp3) is 1.00. The highest BCUT2D eigenvalue weighted by atomic mass is 16.5. The summed E-state index contributed by atoms with van der Waals surface area (Å²) in [5.74, 6) is 0. The van der Waals surface area contributed by atoms with Crippen molar-refractivity contribution >= 4 is 0 Å². The quantitative estimate of drug-likeness (QED) is 0.645. The molecule has 0 aromatic rings. The van der Waals surface area contributed by atoms with E-state index in [1.165, 1.54) is 25.8 Å². The zero-order valence-electron chi connectivity index (χ0n) is 10.0. The van der Waals surface area contributed by atoms with Gasteiger partial charge in [0.05, 0.1) is 13.2 Å². The van der Waals surface area contributed by atoms with Gasteiger partial charge in [0, 0.05) is 13.1 Å². The Labute approximate surface area is 88.6 Å². The largest absolute Gasteiger partial charge is 0.379 e. The number of hydrogen-bond acceptors (Lipinski definition) is 2. The van der Waals surface area contributed by atoms with Crippen LogP contribution >= 0.6 is 0 Å². The fourth-order valence-corrected chi connectivity index (χ4v) is 1.82. The van der Waals surface area contributed by atoms with Crippen LogP contribution < -0.4 is 0 Å². The van der Waals surface area contributed by atoms with Gasteiger partial charge in [-0.2, -0.15) is 0 Å². The van der Waals surface area contributed by atoms with Crippen LogP contribution in [0.1, 0.15) is 40.0 Å². The van der Waals surface area contributed by atoms with E-state index in [1.807, 2.05) is 0 Å². The third-order valence-electron chi connectivity index (χ3n) is 2.75. The van der Waals surface area contributed by atoms with Crippen LogP contribution in [0.5, 0.6) is 0 Å². The van der Waals surface area contributed by atoms with Crippen LogP contribution in [0.15, 0.2) is 0 Å². The van der Waals surface area contributed by atoms with Gasteiger partial charge in [0.25, 0.3) is 0 Å². The Hall–Kier alpha value is -0.0800. The van der Waals surface area contributed by atoms with Crippen molar-refractivity contribution in [2.24, 2.45) is 5.41 Å². The Balaban J connectivity index is 1.97. The highest BCUT2D eigenvalue weighted by molar-refractivity contribution is 4.64. The van der Waals surface area contributed by atoms with E-state index in [9.17, 15) is 0 Å². The number of hydrogen-bond donors (Lipinski definition) is 0. The maximum atomic E-state index is 5.32. The first-order chi connectivity index (χ1) is 6.58. The van der Waals surface area contributed by atoms with Crippen molar-refractivity contribution < 1.29 is 4.74 Å². The average molecular weight is 199 g/mol. The Morgan fingerprint density at radius 1 is 1.07 bits per heavy atom. The van der Waals surface area contributed by atoms with Gasteiger partial charge in [0.1, 0.15) is 0 Å². The number of ether oxygens (including phenoxy) is 1. The minimum Gasteiger partial charge on any atom is -0.379 e. The summed E-state index contributed by atoms with van der Waals surface area (Å²) in [7, 11) is 0. The Morgan fingerprint density at radius 2 is 1.71 bits per heavy atom. The number of nitrogens with zero attached hydrogens (tertiary/aromatic N) is 1. The Morgan fingerprint density at radius 3 is 2.29 bits per heavy atom. The molecule has 1 rings (SSSR count). The topological polar surface area (TPSA) is 12.5 Å². The molecule has 1 aliphatic rings. The first-order valence-corrected chi connectivity index (χ1v) is 5.88. The maximum Gasteiger partial charge on any atom is 0.0594 e. The molecule has 84 valence electrons. The van der Waals surface area contributed by atoms with Crippen LogP contribution in [0.25, 0.3) is 0 Å². The SMILES string of the molecule is CC(C)(C)CCCCN1CCOCC1. The molecule has 0 aromatic heterocycles. The predicted molar refractivity (Wildman–Crippen MR) is 60.6 cm³/mol. The van der Waals surface area contributed by atoms with Crippen LogP contribution in [0.2, 0.25) is 0 Å². The first-order valence-electron chi connectivity index (χ1n) is 5.88. The molecule has 0 radical (unpaired) electrons. The van der Waals surface area contributed by atoms with Crippen LogP contribution in [-0.4, -0.2) is 37.7 Å². The molecule has 0 unspecified atom stereocenters. The smallest absolute Gasteiger partial charge is 0.0594 e. The maximum absolute atomic E-state index is 5.32. The van der Waals surface area contributed by atoms with Crippen molar-refractivity contribution in [3.63, 3.8) is 0 Å². The summed E-state index contributed by atoms with van der Waals surface area (Å²) < 4.78 is 5.32. The summed E-state index contributed by atoms with van der Waals surface area (Å²) in [6.07, 6.45) is 4.05. The number of unbranched alkanes of at least 4 members (excludes halogenated alkanes) is 1. The van der Waals surface area contributed by atoms with E-state index < -0.39 is 0 Å². The lowest BCUT2D eigenvalue weighted by Gasteiger charge is -2.27. The van der Waals surface area contributed by atoms with Gasteiger partial charge < -0.3 is 4.74 Å². The van der Waals surface area contributed by atoms with Gasteiger partial charge in [-0.15, -0.1) is 0 Å². The second-order valence-corrected chi connectivity index (χ2v) is 5.47. The normalized spacial score (nSPS) is 19.9. The second-order valence-electron chi connectivity index (χ2n) is 5.47. The zero-order chi connectivity index (χ0) is 10.4. The van der Waals surface area contributed by atoms with E-state index in [1.54, 1.807) is 0 Å². The van der Waals surface area contributed by atoms with E-state index >= 15 is 0 Å². The van der Waals surface area contributed by atoms with Crippen molar-refractivity contribution in [2.75, 3.05) is 32.8 Å². The summed E-state index contributed by atoms with van der Waals surface area (Å²) in [6.45, 7) is 12.4. The molecule has 1 heterocycles. The van der Waals surface area contributed by atoms with E-state index in [-0.39, 0.29) is 0 Å². The fourth-order valence-electron chi connectivity index (χ4n) is 1.82. The van der Waals surface area contributed by atoms with Crippen LogP contribution in [0.4, 0.5) is 0 Å². The summed E-state index contributed by atoms with van der Waals surface area (Å²) in [5, 5.41) is 0. The van der Waals surface area contributed by atoms with Crippen LogP contribution in [-0.2, 0) is 4.74 Å². The van der Waals surface area contributed by atoms with Gasteiger partial charge in [0.2, 0.25) is 0 Å². The van der Waals surface area contributed by atoms with Gasteiger partial charge in [-0.3, -0.25) is 4.90 Å². The highest BCUT2D eigenvalue weighted by Gasteiger charge is 2.11. The lowest BCUT2D eigenvalue weighted by molar-refractivity contribution is 0.0368. The van der Waals surface area contributed by atoms with E-state index in [4.69, 9.17) is 4.74 Å². The molecule has 0 spiro atoms. The third-order valence-corrected chi connectivity index (χ3v) is 2.75. The number of morpholine rings is 1. The molecule has 0 aliphatic carbocycles. The van der Waals surface area contributed by atoms with Crippen molar-refractivity contribution in [1.82, 2.24) is 4.90 Å². The molecule has 0 aromatic carbocycles. The van der Waals surface area contributed by atoms with E-state index in [0.717, 1.165) is 26.3 Å². The van der Waals surface area contributed by atoms with Gasteiger partial charge in [0.15, 0.2) is 0 Å². The second kappa shape index (κ2) is 5.72. The molecule has 1 saturated heterocycles. The molecule has 1 fully saturated rings. The molecule has 0 bridgehead atoms. The Kier molecular flexibility index (Phi) is 4.90. The lowest BCUT2D eigenvalue weighted by Crippen LogP contribution is -2.36.